The van der Waals surface area contributed by atoms with E-state index < -0.39 is 0 Å². The molecule has 1 saturated heterocycles. The first-order valence-electron chi connectivity index (χ1n) is 7.04. The predicted molar refractivity (Wildman–Crippen MR) is 85.8 cm³/mol. The van der Waals surface area contributed by atoms with Gasteiger partial charge in [0, 0.05) is 43.4 Å². The molecule has 5 heteroatoms. The number of benzene rings is 1. The lowest BCUT2D eigenvalue weighted by molar-refractivity contribution is 0.246. The molecule has 0 N–H and O–H groups in total. The second-order valence-corrected chi connectivity index (χ2v) is 6.10. The SMILES string of the molecule is Fc1ccccc1N1CCN(Cc2ccc(Br)cn2)CC1. The zero-order chi connectivity index (χ0) is 14.7. The summed E-state index contributed by atoms with van der Waals surface area (Å²) in [5, 5.41) is 0. The molecule has 1 fully saturated rings. The zero-order valence-corrected chi connectivity index (χ0v) is 13.3. The first-order chi connectivity index (χ1) is 10.2. The zero-order valence-electron chi connectivity index (χ0n) is 11.7. The number of pyridine rings is 1. The van der Waals surface area contributed by atoms with Gasteiger partial charge in [-0.3, -0.25) is 9.88 Å². The van der Waals surface area contributed by atoms with E-state index in [-0.39, 0.29) is 5.82 Å². The Labute approximate surface area is 132 Å². The van der Waals surface area contributed by atoms with Gasteiger partial charge in [-0.15, -0.1) is 0 Å². The first-order valence-corrected chi connectivity index (χ1v) is 7.84. The summed E-state index contributed by atoms with van der Waals surface area (Å²) in [5.74, 6) is -0.138. The maximum Gasteiger partial charge on any atom is 0.146 e. The summed E-state index contributed by atoms with van der Waals surface area (Å²) in [6.45, 7) is 4.38. The van der Waals surface area contributed by atoms with Crippen LogP contribution in [0, 0.1) is 5.82 Å². The minimum Gasteiger partial charge on any atom is -0.367 e. The van der Waals surface area contributed by atoms with E-state index >= 15 is 0 Å². The number of para-hydroxylation sites is 1. The van der Waals surface area contributed by atoms with Crippen LogP contribution >= 0.6 is 15.9 Å². The molecule has 0 atom stereocenters. The van der Waals surface area contributed by atoms with Gasteiger partial charge in [0.1, 0.15) is 5.82 Å². The number of piperazine rings is 1. The highest BCUT2D eigenvalue weighted by molar-refractivity contribution is 9.10. The van der Waals surface area contributed by atoms with E-state index in [0.29, 0.717) is 5.69 Å². The molecule has 3 rings (SSSR count). The van der Waals surface area contributed by atoms with Crippen LogP contribution in [-0.2, 0) is 6.54 Å². The van der Waals surface area contributed by atoms with Gasteiger partial charge in [-0.1, -0.05) is 12.1 Å². The minimum atomic E-state index is -0.138. The highest BCUT2D eigenvalue weighted by Crippen LogP contribution is 2.20. The summed E-state index contributed by atoms with van der Waals surface area (Å²) in [5.41, 5.74) is 1.77. The van der Waals surface area contributed by atoms with Crippen molar-refractivity contribution in [1.29, 1.82) is 0 Å². The van der Waals surface area contributed by atoms with Crippen molar-refractivity contribution in [1.82, 2.24) is 9.88 Å². The smallest absolute Gasteiger partial charge is 0.146 e. The Morgan fingerprint density at radius 3 is 2.48 bits per heavy atom. The topological polar surface area (TPSA) is 19.4 Å². The van der Waals surface area contributed by atoms with E-state index in [4.69, 9.17) is 0 Å². The van der Waals surface area contributed by atoms with Gasteiger partial charge in [0.05, 0.1) is 11.4 Å². The van der Waals surface area contributed by atoms with Gasteiger partial charge in [-0.05, 0) is 40.2 Å². The summed E-state index contributed by atoms with van der Waals surface area (Å²) in [6.07, 6.45) is 1.82. The van der Waals surface area contributed by atoms with Crippen LogP contribution in [0.1, 0.15) is 5.69 Å². The molecule has 21 heavy (non-hydrogen) atoms. The van der Waals surface area contributed by atoms with E-state index in [0.717, 1.165) is 42.9 Å². The lowest BCUT2D eigenvalue weighted by Gasteiger charge is -2.36. The monoisotopic (exact) mass is 349 g/mol. The molecule has 1 aliphatic heterocycles. The number of rotatable bonds is 3. The van der Waals surface area contributed by atoms with Gasteiger partial charge in [0.2, 0.25) is 0 Å². The summed E-state index contributed by atoms with van der Waals surface area (Å²) in [4.78, 5) is 8.87. The van der Waals surface area contributed by atoms with E-state index in [1.807, 2.05) is 30.5 Å². The Hall–Kier alpha value is -1.46. The van der Waals surface area contributed by atoms with Crippen LogP contribution in [0.4, 0.5) is 10.1 Å². The van der Waals surface area contributed by atoms with E-state index in [9.17, 15) is 4.39 Å². The van der Waals surface area contributed by atoms with Crippen molar-refractivity contribution in [2.24, 2.45) is 0 Å². The molecule has 0 bridgehead atoms. The number of anilines is 1. The van der Waals surface area contributed by atoms with Crippen LogP contribution in [0.2, 0.25) is 0 Å². The highest BCUT2D eigenvalue weighted by Gasteiger charge is 2.19. The number of halogens is 2. The largest absolute Gasteiger partial charge is 0.367 e. The van der Waals surface area contributed by atoms with E-state index in [1.165, 1.54) is 6.07 Å². The third-order valence-corrected chi connectivity index (χ3v) is 4.21. The van der Waals surface area contributed by atoms with Crippen molar-refractivity contribution in [2.75, 3.05) is 31.1 Å². The van der Waals surface area contributed by atoms with Crippen LogP contribution < -0.4 is 4.90 Å². The average Bonchev–Trinajstić information content (AvgIpc) is 2.51. The van der Waals surface area contributed by atoms with Crippen LogP contribution in [-0.4, -0.2) is 36.1 Å². The first kappa shape index (κ1) is 14.5. The molecule has 1 aliphatic rings. The molecule has 0 aliphatic carbocycles. The number of hydrogen-bond acceptors (Lipinski definition) is 3. The maximum atomic E-state index is 13.8. The standard InChI is InChI=1S/C16H17BrFN3/c17-13-5-6-14(19-11-13)12-20-7-9-21(10-8-20)16-4-2-1-3-15(16)18/h1-6,11H,7-10,12H2. The Balaban J connectivity index is 1.58. The summed E-state index contributed by atoms with van der Waals surface area (Å²) < 4.78 is 14.8. The summed E-state index contributed by atoms with van der Waals surface area (Å²) in [6, 6.07) is 11.0. The second-order valence-electron chi connectivity index (χ2n) is 5.18. The molecule has 110 valence electrons. The molecule has 0 amide bonds. The molecule has 0 radical (unpaired) electrons. The van der Waals surface area contributed by atoms with Crippen molar-refractivity contribution in [3.8, 4) is 0 Å². The Kier molecular flexibility index (Phi) is 4.51. The second kappa shape index (κ2) is 6.54. The fourth-order valence-corrected chi connectivity index (χ4v) is 2.82. The Morgan fingerprint density at radius 1 is 1.05 bits per heavy atom. The summed E-state index contributed by atoms with van der Waals surface area (Å²) in [7, 11) is 0. The van der Waals surface area contributed by atoms with Crippen molar-refractivity contribution in [2.45, 2.75) is 6.54 Å². The lowest BCUT2D eigenvalue weighted by atomic mass is 10.2. The van der Waals surface area contributed by atoms with Crippen LogP contribution in [0.3, 0.4) is 0 Å². The van der Waals surface area contributed by atoms with Crippen LogP contribution in [0.5, 0.6) is 0 Å². The van der Waals surface area contributed by atoms with Crippen molar-refractivity contribution in [3.05, 3.63) is 58.6 Å². The van der Waals surface area contributed by atoms with Gasteiger partial charge >= 0.3 is 0 Å². The summed E-state index contributed by atoms with van der Waals surface area (Å²) >= 11 is 3.39. The molecule has 1 aromatic carbocycles. The van der Waals surface area contributed by atoms with Gasteiger partial charge in [-0.25, -0.2) is 4.39 Å². The van der Waals surface area contributed by atoms with Crippen LogP contribution in [0.25, 0.3) is 0 Å². The maximum absolute atomic E-state index is 13.8. The van der Waals surface area contributed by atoms with E-state index in [1.54, 1.807) is 6.07 Å². The molecule has 0 saturated carbocycles. The predicted octanol–water partition coefficient (Wildman–Crippen LogP) is 3.31. The molecule has 2 heterocycles. The van der Waals surface area contributed by atoms with Gasteiger partial charge in [-0.2, -0.15) is 0 Å². The molecule has 3 nitrogen and oxygen atoms in total. The number of nitrogens with zero attached hydrogens (tertiary/aromatic N) is 3. The van der Waals surface area contributed by atoms with Crippen molar-refractivity contribution < 1.29 is 4.39 Å². The normalized spacial score (nSPS) is 16.2. The van der Waals surface area contributed by atoms with Crippen LogP contribution in [0.15, 0.2) is 47.1 Å². The van der Waals surface area contributed by atoms with Crippen molar-refractivity contribution in [3.63, 3.8) is 0 Å². The number of hydrogen-bond donors (Lipinski definition) is 0. The van der Waals surface area contributed by atoms with E-state index in [2.05, 4.69) is 30.7 Å². The fraction of sp³-hybridized carbons (Fsp3) is 0.312. The lowest BCUT2D eigenvalue weighted by Crippen LogP contribution is -2.46. The van der Waals surface area contributed by atoms with Gasteiger partial charge < -0.3 is 4.90 Å². The molecular formula is C16H17BrFN3. The molecular weight excluding hydrogens is 333 g/mol. The Bertz CT molecular complexity index is 595. The third kappa shape index (κ3) is 3.60. The molecule has 0 unspecified atom stereocenters. The fourth-order valence-electron chi connectivity index (χ4n) is 2.58. The minimum absolute atomic E-state index is 0.138. The quantitative estimate of drug-likeness (QED) is 0.847. The molecule has 2 aromatic rings. The van der Waals surface area contributed by atoms with Crippen molar-refractivity contribution >= 4 is 21.6 Å². The Morgan fingerprint density at radius 2 is 1.81 bits per heavy atom. The molecule has 1 aromatic heterocycles. The number of aromatic nitrogens is 1. The third-order valence-electron chi connectivity index (χ3n) is 3.74. The highest BCUT2D eigenvalue weighted by atomic mass is 79.9. The van der Waals surface area contributed by atoms with Gasteiger partial charge in [0.15, 0.2) is 0 Å². The average molecular weight is 350 g/mol. The van der Waals surface area contributed by atoms with Gasteiger partial charge in [0.25, 0.3) is 0 Å². The molecule has 0 spiro atoms.